The third-order valence-electron chi connectivity index (χ3n) is 8.88. The van der Waals surface area contributed by atoms with Crippen molar-refractivity contribution in [2.45, 2.75) is 91.9 Å². The van der Waals surface area contributed by atoms with E-state index >= 15 is 0 Å². The zero-order valence-corrected chi connectivity index (χ0v) is 24.9. The van der Waals surface area contributed by atoms with Crippen LogP contribution in [0.4, 0.5) is 4.79 Å². The summed E-state index contributed by atoms with van der Waals surface area (Å²) in [5.74, 6) is -2.31. The Morgan fingerprint density at radius 3 is 2.27 bits per heavy atom. The molecular formula is C27H43N9O5. The second-order valence-corrected chi connectivity index (χ2v) is 13.8. The van der Waals surface area contributed by atoms with E-state index < -0.39 is 59.1 Å². The number of aromatic amines is 1. The maximum atomic E-state index is 14.1. The van der Waals surface area contributed by atoms with Gasteiger partial charge in [-0.3, -0.25) is 19.2 Å². The summed E-state index contributed by atoms with van der Waals surface area (Å²) in [6.07, 6.45) is 2.19. The highest BCUT2D eigenvalue weighted by Gasteiger charge is 2.70. The number of aromatic nitrogens is 4. The number of hydrogen-bond acceptors (Lipinski definition) is 8. The van der Waals surface area contributed by atoms with Crippen molar-refractivity contribution in [2.75, 3.05) is 6.54 Å². The largest absolute Gasteiger partial charge is 0.363 e. The third-order valence-corrected chi connectivity index (χ3v) is 8.88. The van der Waals surface area contributed by atoms with E-state index in [0.29, 0.717) is 18.8 Å². The second kappa shape index (κ2) is 11.0. The zero-order chi connectivity index (χ0) is 30.4. The fourth-order valence-corrected chi connectivity index (χ4v) is 6.12. The van der Waals surface area contributed by atoms with Gasteiger partial charge in [0.05, 0.1) is 12.1 Å². The number of nitrogens with zero attached hydrogens (tertiary/aromatic N) is 4. The Balaban J connectivity index is 1.53. The Kier molecular flexibility index (Phi) is 8.16. The number of primary amides is 1. The number of carbonyl (C=O) groups is 5. The number of Topliss-reactive ketones (excluding diaryl/α,β-unsaturated/α-hetero) is 1. The van der Waals surface area contributed by atoms with Crippen LogP contribution >= 0.6 is 0 Å². The van der Waals surface area contributed by atoms with E-state index in [0.717, 1.165) is 12.8 Å². The molecular weight excluding hydrogens is 530 g/mol. The van der Waals surface area contributed by atoms with Gasteiger partial charge in [0, 0.05) is 6.54 Å². The van der Waals surface area contributed by atoms with Crippen LogP contribution in [0.15, 0.2) is 0 Å². The van der Waals surface area contributed by atoms with E-state index in [1.54, 1.807) is 0 Å². The van der Waals surface area contributed by atoms with Gasteiger partial charge >= 0.3 is 6.03 Å². The van der Waals surface area contributed by atoms with Crippen molar-refractivity contribution in [3.05, 3.63) is 5.82 Å². The van der Waals surface area contributed by atoms with Crippen LogP contribution in [0.5, 0.6) is 0 Å². The molecule has 3 fully saturated rings. The summed E-state index contributed by atoms with van der Waals surface area (Å²) in [6, 6.07) is -3.96. The average molecular weight is 574 g/mol. The van der Waals surface area contributed by atoms with Crippen molar-refractivity contribution >= 4 is 29.5 Å². The van der Waals surface area contributed by atoms with Crippen LogP contribution in [0.3, 0.4) is 0 Å². The monoisotopic (exact) mass is 573 g/mol. The summed E-state index contributed by atoms with van der Waals surface area (Å²) in [5, 5.41) is 22.3. The first-order valence-corrected chi connectivity index (χ1v) is 14.3. The molecule has 0 radical (unpaired) electrons. The Bertz CT molecular complexity index is 1190. The van der Waals surface area contributed by atoms with Gasteiger partial charge in [-0.2, -0.15) is 5.21 Å². The number of tetrazole rings is 1. The minimum absolute atomic E-state index is 0.0603. The molecule has 6 atom stereocenters. The van der Waals surface area contributed by atoms with Gasteiger partial charge in [-0.1, -0.05) is 66.5 Å². The minimum Gasteiger partial charge on any atom is -0.363 e. The van der Waals surface area contributed by atoms with Gasteiger partial charge in [-0.15, -0.1) is 10.2 Å². The average Bonchev–Trinajstić information content (AvgIpc) is 3.57. The predicted octanol–water partition coefficient (Wildman–Crippen LogP) is 0.433. The highest BCUT2D eigenvalue weighted by atomic mass is 16.2. The van der Waals surface area contributed by atoms with Crippen LogP contribution in [-0.2, 0) is 19.2 Å². The van der Waals surface area contributed by atoms with Crippen molar-refractivity contribution in [2.24, 2.45) is 40.2 Å². The van der Waals surface area contributed by atoms with Gasteiger partial charge in [0.25, 0.3) is 5.91 Å². The highest BCUT2D eigenvalue weighted by molar-refractivity contribution is 6.37. The smallest absolute Gasteiger partial charge is 0.316 e. The van der Waals surface area contributed by atoms with Crippen LogP contribution in [0.1, 0.15) is 79.6 Å². The molecule has 0 aromatic carbocycles. The number of fused-ring (bicyclic) bond motifs is 1. The number of urea groups is 1. The normalized spacial score (nSPS) is 25.1. The Labute approximate surface area is 239 Å². The molecule has 14 heteroatoms. The van der Waals surface area contributed by atoms with Crippen molar-refractivity contribution in [3.8, 4) is 0 Å². The lowest BCUT2D eigenvalue weighted by Gasteiger charge is -2.38. The Morgan fingerprint density at radius 1 is 1.10 bits per heavy atom. The first-order chi connectivity index (χ1) is 19.0. The van der Waals surface area contributed by atoms with Gasteiger partial charge in [-0.25, -0.2) is 4.79 Å². The Hall–Kier alpha value is -3.58. The lowest BCUT2D eigenvalue weighted by Crippen LogP contribution is -2.61. The van der Waals surface area contributed by atoms with E-state index in [-0.39, 0.29) is 29.1 Å². The van der Waals surface area contributed by atoms with Gasteiger partial charge in [0.1, 0.15) is 12.1 Å². The molecule has 1 aliphatic heterocycles. The quantitative estimate of drug-likeness (QED) is 0.234. The van der Waals surface area contributed by atoms with Crippen LogP contribution in [0.2, 0.25) is 0 Å². The van der Waals surface area contributed by atoms with Crippen molar-refractivity contribution in [1.29, 1.82) is 0 Å². The number of carbonyl (C=O) groups excluding carboxylic acids is 5. The molecule has 1 saturated heterocycles. The minimum atomic E-state index is -1.09. The Morgan fingerprint density at radius 2 is 1.76 bits per heavy atom. The fraction of sp³-hybridized carbons (Fsp3) is 0.778. The number of hydrogen-bond donors (Lipinski definition) is 5. The van der Waals surface area contributed by atoms with Gasteiger partial charge in [-0.05, 0) is 40.9 Å². The zero-order valence-electron chi connectivity index (χ0n) is 24.9. The van der Waals surface area contributed by atoms with Crippen LogP contribution in [0, 0.1) is 34.5 Å². The van der Waals surface area contributed by atoms with Crippen molar-refractivity contribution in [3.63, 3.8) is 0 Å². The van der Waals surface area contributed by atoms with E-state index in [9.17, 15) is 24.0 Å². The number of nitrogens with one attached hydrogen (secondary N) is 4. The molecule has 41 heavy (non-hydrogen) atoms. The lowest BCUT2D eigenvalue weighted by atomic mass is 9.85. The number of rotatable bonds is 11. The summed E-state index contributed by atoms with van der Waals surface area (Å²) in [5.41, 5.74) is 4.40. The summed E-state index contributed by atoms with van der Waals surface area (Å²) < 4.78 is 0. The molecule has 6 N–H and O–H groups in total. The number of nitrogens with two attached hydrogens (primary N) is 1. The number of H-pyrrole nitrogens is 1. The molecule has 14 nitrogen and oxygen atoms in total. The molecule has 1 aromatic heterocycles. The van der Waals surface area contributed by atoms with Crippen LogP contribution < -0.4 is 21.7 Å². The standard InChI is InChI=1S/C27H43N9O5/c1-12(2)17(22-32-34-35-33-22)30-25(41)31-20(26(3,4)5)24(40)36-11-14-16(27(14,6)7)18(36)23(39)29-15(10-13-8-9-13)19(37)21(28)38/h12-18,20H,8-11H2,1-7H3,(H2,28,38)(H,29,39)(H2,30,31,41)(H,32,33,34,35)/t14-,15?,16?,17-,18-,20+/m0/s1. The summed E-state index contributed by atoms with van der Waals surface area (Å²) in [6.45, 7) is 13.8. The number of ketones is 1. The van der Waals surface area contributed by atoms with Gasteiger partial charge in [0.15, 0.2) is 5.82 Å². The fourth-order valence-electron chi connectivity index (χ4n) is 6.12. The summed E-state index contributed by atoms with van der Waals surface area (Å²) >= 11 is 0. The topological polar surface area (TPSA) is 205 Å². The van der Waals surface area contributed by atoms with Crippen LogP contribution in [0.25, 0.3) is 0 Å². The molecule has 4 rings (SSSR count). The number of amides is 5. The van der Waals surface area contributed by atoms with E-state index in [1.165, 1.54) is 4.90 Å². The molecule has 2 saturated carbocycles. The SMILES string of the molecule is CC(C)[C@H](NC(=O)N[C@H](C(=O)N1C[C@H]2C([C@H]1C(=O)NC(CC1CC1)C(=O)C(N)=O)C2(C)C)C(C)(C)C)c1nn[nH]n1. The first-order valence-electron chi connectivity index (χ1n) is 14.3. The van der Waals surface area contributed by atoms with Gasteiger partial charge in [0.2, 0.25) is 17.6 Å². The van der Waals surface area contributed by atoms with E-state index in [1.807, 2.05) is 34.6 Å². The van der Waals surface area contributed by atoms with Crippen LogP contribution in [-0.4, -0.2) is 79.7 Å². The third kappa shape index (κ3) is 6.35. The molecule has 226 valence electrons. The molecule has 0 bridgehead atoms. The van der Waals surface area contributed by atoms with E-state index in [2.05, 4.69) is 50.4 Å². The molecule has 0 spiro atoms. The molecule has 5 amide bonds. The number of piperidine rings is 1. The van der Waals surface area contributed by atoms with Crippen molar-refractivity contribution < 1.29 is 24.0 Å². The molecule has 2 heterocycles. The van der Waals surface area contributed by atoms with Gasteiger partial charge < -0.3 is 26.6 Å². The maximum Gasteiger partial charge on any atom is 0.316 e. The maximum absolute atomic E-state index is 14.1. The summed E-state index contributed by atoms with van der Waals surface area (Å²) in [7, 11) is 0. The number of likely N-dealkylation sites (tertiary alicyclic amines) is 1. The van der Waals surface area contributed by atoms with Crippen molar-refractivity contribution in [1.82, 2.24) is 41.5 Å². The molecule has 3 aliphatic rings. The molecule has 2 unspecified atom stereocenters. The second-order valence-electron chi connectivity index (χ2n) is 13.8. The van der Waals surface area contributed by atoms with E-state index in [4.69, 9.17) is 5.73 Å². The first kappa shape index (κ1) is 30.4. The highest BCUT2D eigenvalue weighted by Crippen LogP contribution is 2.65. The lowest BCUT2D eigenvalue weighted by molar-refractivity contribution is -0.145. The molecule has 1 aromatic rings. The predicted molar refractivity (Wildman–Crippen MR) is 146 cm³/mol. The summed E-state index contributed by atoms with van der Waals surface area (Å²) in [4.78, 5) is 66.8. The molecule has 2 aliphatic carbocycles.